The van der Waals surface area contributed by atoms with Gasteiger partial charge in [-0.25, -0.2) is 4.39 Å². The van der Waals surface area contributed by atoms with Crippen LogP contribution in [0.3, 0.4) is 0 Å². The summed E-state index contributed by atoms with van der Waals surface area (Å²) < 4.78 is 25.9. The van der Waals surface area contributed by atoms with Crippen LogP contribution in [0, 0.1) is 0 Å². The molecule has 0 heterocycles. The second kappa shape index (κ2) is 7.62. The molecule has 0 spiro atoms. The van der Waals surface area contributed by atoms with E-state index >= 15 is 0 Å². The molecule has 0 saturated carbocycles. The predicted molar refractivity (Wildman–Crippen MR) is 59.3 cm³/mol. The lowest BCUT2D eigenvalue weighted by atomic mass is 10.1. The van der Waals surface area contributed by atoms with Crippen molar-refractivity contribution in [3.63, 3.8) is 0 Å². The largest absolute Gasteiger partial charge is 0.468 e. The lowest BCUT2D eigenvalue weighted by Gasteiger charge is -2.06. The van der Waals surface area contributed by atoms with Crippen molar-refractivity contribution < 1.29 is 23.4 Å². The maximum atomic E-state index is 11.7. The van der Waals surface area contributed by atoms with Gasteiger partial charge in [-0.1, -0.05) is 12.1 Å². The third kappa shape index (κ3) is 5.31. The van der Waals surface area contributed by atoms with E-state index < -0.39 is 12.8 Å². The number of esters is 1. The van der Waals surface area contributed by atoms with E-state index in [9.17, 15) is 9.18 Å². The smallest absolute Gasteiger partial charge is 0.308 e. The van der Waals surface area contributed by atoms with Crippen molar-refractivity contribution in [2.24, 2.45) is 0 Å². The number of benzene rings is 1. The lowest BCUT2D eigenvalue weighted by Crippen LogP contribution is -2.05. The van der Waals surface area contributed by atoms with Gasteiger partial charge in [0.25, 0.3) is 0 Å². The van der Waals surface area contributed by atoms with E-state index in [-0.39, 0.29) is 13.2 Å². The summed E-state index contributed by atoms with van der Waals surface area (Å²) in [5, 5.41) is 0. The first-order valence-corrected chi connectivity index (χ1v) is 5.18. The van der Waals surface area contributed by atoms with Crippen molar-refractivity contribution in [3.05, 3.63) is 29.8 Å². The van der Waals surface area contributed by atoms with E-state index in [2.05, 4.69) is 4.74 Å². The summed E-state index contributed by atoms with van der Waals surface area (Å²) in [7, 11) is 1.54. The van der Waals surface area contributed by atoms with Crippen LogP contribution in [0.5, 0.6) is 5.75 Å². The number of carbonyl (C=O) groups excluding carboxylic acids is 1. The summed E-state index contributed by atoms with van der Waals surface area (Å²) in [4.78, 5) is 11.0. The Morgan fingerprint density at radius 3 is 2.94 bits per heavy atom. The van der Waals surface area contributed by atoms with E-state index in [0.29, 0.717) is 12.2 Å². The summed E-state index contributed by atoms with van der Waals surface area (Å²) in [6, 6.07) is 7.29. The number of rotatable bonds is 7. The molecule has 17 heavy (non-hydrogen) atoms. The van der Waals surface area contributed by atoms with E-state index in [0.717, 1.165) is 5.56 Å². The Balaban J connectivity index is 2.45. The Kier molecular flexibility index (Phi) is 6.03. The normalized spacial score (nSPS) is 10.0. The fraction of sp³-hybridized carbons (Fsp3) is 0.417. The third-order valence-electron chi connectivity index (χ3n) is 2.08. The molecule has 0 aliphatic heterocycles. The molecule has 0 bridgehead atoms. The molecule has 1 aromatic carbocycles. The van der Waals surface area contributed by atoms with Gasteiger partial charge in [0.2, 0.25) is 6.86 Å². The predicted octanol–water partition coefficient (Wildman–Crippen LogP) is 2.07. The van der Waals surface area contributed by atoms with Crippen molar-refractivity contribution in [3.8, 4) is 5.75 Å². The van der Waals surface area contributed by atoms with Crippen LogP contribution >= 0.6 is 0 Å². The highest BCUT2D eigenvalue weighted by Gasteiger charge is 2.04. The van der Waals surface area contributed by atoms with Gasteiger partial charge in [0.15, 0.2) is 6.79 Å². The van der Waals surface area contributed by atoms with E-state index in [4.69, 9.17) is 9.47 Å². The van der Waals surface area contributed by atoms with Crippen LogP contribution < -0.4 is 4.74 Å². The van der Waals surface area contributed by atoms with Crippen LogP contribution in [-0.2, 0) is 20.7 Å². The molecule has 0 aliphatic carbocycles. The van der Waals surface area contributed by atoms with Crippen molar-refractivity contribution in [2.75, 3.05) is 20.8 Å². The molecule has 0 radical (unpaired) electrons. The highest BCUT2D eigenvalue weighted by molar-refractivity contribution is 5.69. The molecule has 5 heteroatoms. The third-order valence-corrected chi connectivity index (χ3v) is 2.08. The second-order valence-corrected chi connectivity index (χ2v) is 3.32. The molecule has 0 fully saturated rings. The minimum absolute atomic E-state index is 0.150. The van der Waals surface area contributed by atoms with Crippen molar-refractivity contribution in [1.29, 1.82) is 0 Å². The molecular formula is C12H15FO4. The summed E-state index contributed by atoms with van der Waals surface area (Å²) in [6.07, 6.45) is 0.640. The number of halogens is 1. The average Bonchev–Trinajstić information content (AvgIpc) is 2.35. The zero-order valence-corrected chi connectivity index (χ0v) is 9.65. The van der Waals surface area contributed by atoms with Crippen LogP contribution in [0.25, 0.3) is 0 Å². The first kappa shape index (κ1) is 13.4. The van der Waals surface area contributed by atoms with Gasteiger partial charge in [0.1, 0.15) is 5.75 Å². The molecule has 1 aromatic rings. The molecule has 0 N–H and O–H groups in total. The maximum absolute atomic E-state index is 11.7. The zero-order chi connectivity index (χ0) is 12.5. The SMILES string of the molecule is COCOc1cccc(CCC(=O)OCF)c1. The first-order valence-electron chi connectivity index (χ1n) is 5.18. The van der Waals surface area contributed by atoms with Crippen LogP contribution in [0.4, 0.5) is 4.39 Å². The average molecular weight is 242 g/mol. The first-order chi connectivity index (χ1) is 8.26. The Morgan fingerprint density at radius 1 is 1.41 bits per heavy atom. The number of carbonyl (C=O) groups is 1. The summed E-state index contributed by atoms with van der Waals surface area (Å²) in [5.41, 5.74) is 0.925. The summed E-state index contributed by atoms with van der Waals surface area (Å²) in [5.74, 6) is 0.124. The number of methoxy groups -OCH3 is 1. The highest BCUT2D eigenvalue weighted by Crippen LogP contribution is 2.14. The van der Waals surface area contributed by atoms with Crippen LogP contribution in [-0.4, -0.2) is 26.7 Å². The molecule has 0 aliphatic rings. The molecule has 0 amide bonds. The van der Waals surface area contributed by atoms with Gasteiger partial charge in [-0.2, -0.15) is 0 Å². The second-order valence-electron chi connectivity index (χ2n) is 3.32. The fourth-order valence-electron chi connectivity index (χ4n) is 1.30. The highest BCUT2D eigenvalue weighted by atomic mass is 19.1. The maximum Gasteiger partial charge on any atom is 0.308 e. The van der Waals surface area contributed by atoms with Gasteiger partial charge in [0, 0.05) is 13.5 Å². The molecule has 0 aromatic heterocycles. The van der Waals surface area contributed by atoms with Gasteiger partial charge in [-0.05, 0) is 24.1 Å². The quantitative estimate of drug-likeness (QED) is 0.542. The molecule has 4 nitrogen and oxygen atoms in total. The van der Waals surface area contributed by atoms with Gasteiger partial charge in [-0.15, -0.1) is 0 Å². The summed E-state index contributed by atoms with van der Waals surface area (Å²) in [6.45, 7) is -0.900. The zero-order valence-electron chi connectivity index (χ0n) is 9.65. The molecule has 1 rings (SSSR count). The Morgan fingerprint density at radius 2 is 2.24 bits per heavy atom. The van der Waals surface area contributed by atoms with E-state index in [1.54, 1.807) is 6.07 Å². The van der Waals surface area contributed by atoms with Gasteiger partial charge >= 0.3 is 5.97 Å². The monoisotopic (exact) mass is 242 g/mol. The number of hydrogen-bond donors (Lipinski definition) is 0. The topological polar surface area (TPSA) is 44.8 Å². The van der Waals surface area contributed by atoms with Crippen molar-refractivity contribution in [1.82, 2.24) is 0 Å². The van der Waals surface area contributed by atoms with Gasteiger partial charge in [-0.3, -0.25) is 4.79 Å². The minimum atomic E-state index is -1.07. The Hall–Kier alpha value is -1.62. The number of ether oxygens (including phenoxy) is 3. The lowest BCUT2D eigenvalue weighted by molar-refractivity contribution is -0.147. The molecular weight excluding hydrogens is 227 g/mol. The fourth-order valence-corrected chi connectivity index (χ4v) is 1.30. The molecule has 0 saturated heterocycles. The molecule has 0 atom stereocenters. The molecule has 94 valence electrons. The van der Waals surface area contributed by atoms with E-state index in [1.807, 2.05) is 18.2 Å². The Labute approximate surface area is 99.3 Å². The van der Waals surface area contributed by atoms with Crippen LogP contribution in [0.15, 0.2) is 24.3 Å². The van der Waals surface area contributed by atoms with Crippen LogP contribution in [0.1, 0.15) is 12.0 Å². The van der Waals surface area contributed by atoms with Crippen molar-refractivity contribution in [2.45, 2.75) is 12.8 Å². The standard InChI is InChI=1S/C12H15FO4/c1-15-9-17-11-4-2-3-10(7-11)5-6-12(14)16-8-13/h2-4,7H,5-6,8-9H2,1H3. The van der Waals surface area contributed by atoms with Gasteiger partial charge in [0.05, 0.1) is 0 Å². The summed E-state index contributed by atoms with van der Waals surface area (Å²) >= 11 is 0. The minimum Gasteiger partial charge on any atom is -0.468 e. The Bertz CT molecular complexity index is 354. The van der Waals surface area contributed by atoms with Crippen LogP contribution in [0.2, 0.25) is 0 Å². The van der Waals surface area contributed by atoms with Gasteiger partial charge < -0.3 is 14.2 Å². The van der Waals surface area contributed by atoms with E-state index in [1.165, 1.54) is 7.11 Å². The number of aryl methyl sites for hydroxylation is 1. The van der Waals surface area contributed by atoms with Crippen molar-refractivity contribution >= 4 is 5.97 Å². The molecule has 0 unspecified atom stereocenters. The number of alkyl halides is 1. The number of hydrogen-bond acceptors (Lipinski definition) is 4.